The van der Waals surface area contributed by atoms with Crippen LogP contribution in [0.2, 0.25) is 0 Å². The summed E-state index contributed by atoms with van der Waals surface area (Å²) in [6.07, 6.45) is 2.80. The molecule has 2 unspecified atom stereocenters. The van der Waals surface area contributed by atoms with E-state index in [1.807, 2.05) is 32.2 Å². The van der Waals surface area contributed by atoms with Gasteiger partial charge in [0, 0.05) is 31.1 Å². The fourth-order valence-electron chi connectivity index (χ4n) is 5.59. The summed E-state index contributed by atoms with van der Waals surface area (Å²) in [5, 5.41) is 8.67. The Labute approximate surface area is 207 Å². The molecule has 2 aromatic carbocycles. The Bertz CT molecular complexity index is 1600. The van der Waals surface area contributed by atoms with Gasteiger partial charge in [-0.25, -0.2) is 14.2 Å². The molecule has 0 spiro atoms. The third-order valence-electron chi connectivity index (χ3n) is 7.60. The molecular formula is C27H26FN7O. The van der Waals surface area contributed by atoms with Crippen LogP contribution >= 0.6 is 0 Å². The van der Waals surface area contributed by atoms with Crippen LogP contribution in [0.5, 0.6) is 0 Å². The minimum Gasteiger partial charge on any atom is -0.356 e. The molecule has 8 nitrogen and oxygen atoms in total. The Morgan fingerprint density at radius 2 is 2.00 bits per heavy atom. The standard InChI is InChI=1S/C27H26FN7O/c1-16-25(34-9-8-18-12-30-13-20(18)15-34)32-26(17-4-6-23(29-2)22(28)11-17)35(27(16)36)21-5-7-24-19(10-21)14-31-33(24)3/h4-7,10-11,14,18,20,30H,8-9,12-13,15H2,1,3H3. The summed E-state index contributed by atoms with van der Waals surface area (Å²) in [5.41, 5.74) is 2.32. The van der Waals surface area contributed by atoms with Gasteiger partial charge in [0.2, 0.25) is 5.69 Å². The van der Waals surface area contributed by atoms with E-state index in [1.165, 1.54) is 12.1 Å². The van der Waals surface area contributed by atoms with Crippen LogP contribution in [0, 0.1) is 31.1 Å². The van der Waals surface area contributed by atoms with Gasteiger partial charge >= 0.3 is 0 Å². The maximum Gasteiger partial charge on any atom is 0.263 e. The number of rotatable bonds is 3. The van der Waals surface area contributed by atoms with Gasteiger partial charge in [0.1, 0.15) is 17.5 Å². The highest BCUT2D eigenvalue weighted by Crippen LogP contribution is 2.33. The second kappa shape index (κ2) is 8.57. The number of nitrogens with zero attached hydrogens (tertiary/aromatic N) is 6. The minimum absolute atomic E-state index is 0.0624. The summed E-state index contributed by atoms with van der Waals surface area (Å²) >= 11 is 0. The molecule has 4 aromatic rings. The quantitative estimate of drug-likeness (QED) is 0.449. The maximum atomic E-state index is 14.7. The first-order valence-electron chi connectivity index (χ1n) is 12.1. The first kappa shape index (κ1) is 22.4. The fourth-order valence-corrected chi connectivity index (χ4v) is 5.59. The lowest BCUT2D eigenvalue weighted by Gasteiger charge is -2.36. The van der Waals surface area contributed by atoms with Gasteiger partial charge in [-0.15, -0.1) is 0 Å². The van der Waals surface area contributed by atoms with Gasteiger partial charge in [-0.3, -0.25) is 14.0 Å². The number of nitrogens with one attached hydrogen (secondary N) is 1. The molecule has 0 aliphatic carbocycles. The Morgan fingerprint density at radius 3 is 2.81 bits per heavy atom. The average Bonchev–Trinajstić information content (AvgIpc) is 3.51. The highest BCUT2D eigenvalue weighted by atomic mass is 19.1. The molecule has 182 valence electrons. The summed E-state index contributed by atoms with van der Waals surface area (Å²) in [6.45, 7) is 12.7. The zero-order valence-electron chi connectivity index (χ0n) is 20.2. The Hall–Kier alpha value is -4.03. The molecule has 0 saturated carbocycles. The lowest BCUT2D eigenvalue weighted by Crippen LogP contribution is -2.42. The lowest BCUT2D eigenvalue weighted by atomic mass is 9.88. The van der Waals surface area contributed by atoms with Crippen molar-refractivity contribution in [3.63, 3.8) is 0 Å². The number of hydrogen-bond acceptors (Lipinski definition) is 5. The van der Waals surface area contributed by atoms with Crippen LogP contribution in [0.15, 0.2) is 47.4 Å². The molecule has 2 aliphatic rings. The van der Waals surface area contributed by atoms with Crippen LogP contribution in [0.3, 0.4) is 0 Å². The van der Waals surface area contributed by atoms with Crippen molar-refractivity contribution in [2.45, 2.75) is 13.3 Å². The van der Waals surface area contributed by atoms with E-state index < -0.39 is 5.82 Å². The molecule has 0 amide bonds. The molecule has 6 rings (SSSR count). The van der Waals surface area contributed by atoms with E-state index in [0.29, 0.717) is 40.3 Å². The molecular weight excluding hydrogens is 457 g/mol. The van der Waals surface area contributed by atoms with E-state index in [4.69, 9.17) is 11.6 Å². The summed E-state index contributed by atoms with van der Waals surface area (Å²) in [7, 11) is 1.87. The number of anilines is 1. The third kappa shape index (κ3) is 3.57. The smallest absolute Gasteiger partial charge is 0.263 e. The van der Waals surface area contributed by atoms with Gasteiger partial charge in [-0.2, -0.15) is 5.10 Å². The molecule has 2 fully saturated rings. The van der Waals surface area contributed by atoms with E-state index in [1.54, 1.807) is 21.5 Å². The average molecular weight is 484 g/mol. The Kier molecular flexibility index (Phi) is 5.34. The second-order valence-corrected chi connectivity index (χ2v) is 9.73. The summed E-state index contributed by atoms with van der Waals surface area (Å²) in [4.78, 5) is 24.4. The predicted molar refractivity (Wildman–Crippen MR) is 137 cm³/mol. The zero-order valence-corrected chi connectivity index (χ0v) is 20.2. The molecule has 1 N–H and O–H groups in total. The third-order valence-corrected chi connectivity index (χ3v) is 7.60. The van der Waals surface area contributed by atoms with Crippen LogP contribution in [0.25, 0.3) is 32.8 Å². The summed E-state index contributed by atoms with van der Waals surface area (Å²) in [5.74, 6) is 1.54. The van der Waals surface area contributed by atoms with Crippen LogP contribution in [-0.4, -0.2) is 45.5 Å². The van der Waals surface area contributed by atoms with Crippen LogP contribution in [-0.2, 0) is 7.05 Å². The van der Waals surface area contributed by atoms with Crippen LogP contribution < -0.4 is 15.8 Å². The van der Waals surface area contributed by atoms with Crippen LogP contribution in [0.1, 0.15) is 12.0 Å². The zero-order chi connectivity index (χ0) is 25.0. The predicted octanol–water partition coefficient (Wildman–Crippen LogP) is 3.83. The SMILES string of the molecule is [C-]#[N+]c1ccc(-c2nc(N3CCC4CNCC4C3)c(C)c(=O)n2-c2ccc3c(cnn3C)c2)cc1F. The van der Waals surface area contributed by atoms with Crippen LogP contribution in [0.4, 0.5) is 15.9 Å². The highest BCUT2D eigenvalue weighted by Gasteiger charge is 2.34. The van der Waals surface area contributed by atoms with Gasteiger partial charge in [0.05, 0.1) is 29.5 Å². The second-order valence-electron chi connectivity index (χ2n) is 9.73. The van der Waals surface area contributed by atoms with Crippen molar-refractivity contribution in [1.29, 1.82) is 0 Å². The van der Waals surface area contributed by atoms with Crippen molar-refractivity contribution in [3.8, 4) is 17.1 Å². The van der Waals surface area contributed by atoms with Gasteiger partial charge in [0.25, 0.3) is 5.56 Å². The number of hydrogen-bond donors (Lipinski definition) is 1. The lowest BCUT2D eigenvalue weighted by molar-refractivity contribution is 0.347. The van der Waals surface area contributed by atoms with E-state index in [-0.39, 0.29) is 11.2 Å². The number of halogens is 1. The topological polar surface area (TPSA) is 72.3 Å². The highest BCUT2D eigenvalue weighted by molar-refractivity contribution is 5.81. The Morgan fingerprint density at radius 1 is 1.17 bits per heavy atom. The van der Waals surface area contributed by atoms with Gasteiger partial charge in [-0.05, 0) is 62.5 Å². The number of aryl methyl sites for hydroxylation is 1. The van der Waals surface area contributed by atoms with Gasteiger partial charge in [-0.1, -0.05) is 12.1 Å². The van der Waals surface area contributed by atoms with Crippen molar-refractivity contribution in [1.82, 2.24) is 24.6 Å². The molecule has 9 heteroatoms. The molecule has 2 atom stereocenters. The first-order valence-corrected chi connectivity index (χ1v) is 12.1. The molecule has 0 bridgehead atoms. The van der Waals surface area contributed by atoms with E-state index >= 15 is 0 Å². The van der Waals surface area contributed by atoms with E-state index in [9.17, 15) is 9.18 Å². The van der Waals surface area contributed by atoms with Crippen molar-refractivity contribution in [3.05, 3.63) is 75.7 Å². The molecule has 2 aliphatic heterocycles. The van der Waals surface area contributed by atoms with Crippen molar-refractivity contribution in [2.24, 2.45) is 18.9 Å². The monoisotopic (exact) mass is 483 g/mol. The van der Waals surface area contributed by atoms with Crippen molar-refractivity contribution in [2.75, 3.05) is 31.1 Å². The molecule has 0 radical (unpaired) electrons. The summed E-state index contributed by atoms with van der Waals surface area (Å²) in [6, 6.07) is 10.1. The van der Waals surface area contributed by atoms with Crippen molar-refractivity contribution >= 4 is 22.4 Å². The largest absolute Gasteiger partial charge is 0.356 e. The van der Waals surface area contributed by atoms with E-state index in [0.717, 1.165) is 43.5 Å². The number of fused-ring (bicyclic) bond motifs is 2. The number of piperidine rings is 1. The fraction of sp³-hybridized carbons (Fsp3) is 0.333. The minimum atomic E-state index is -0.633. The maximum absolute atomic E-state index is 14.7. The molecule has 36 heavy (non-hydrogen) atoms. The number of aromatic nitrogens is 4. The van der Waals surface area contributed by atoms with Gasteiger partial charge in [0.15, 0.2) is 0 Å². The number of benzene rings is 2. The first-order chi connectivity index (χ1) is 17.4. The summed E-state index contributed by atoms with van der Waals surface area (Å²) < 4.78 is 18.0. The molecule has 4 heterocycles. The van der Waals surface area contributed by atoms with Gasteiger partial charge < -0.3 is 10.2 Å². The normalized spacial score (nSPS) is 19.4. The molecule has 2 aromatic heterocycles. The van der Waals surface area contributed by atoms with Crippen molar-refractivity contribution < 1.29 is 4.39 Å². The molecule has 2 saturated heterocycles. The van der Waals surface area contributed by atoms with E-state index in [2.05, 4.69) is 20.2 Å². The Balaban J connectivity index is 1.55.